The number of carbonyl (C=O) groups excluding carboxylic acids is 2. The first-order valence-electron chi connectivity index (χ1n) is 13.7. The summed E-state index contributed by atoms with van der Waals surface area (Å²) in [6.07, 6.45) is 10.2. The van der Waals surface area contributed by atoms with Gasteiger partial charge in [0, 0.05) is 43.4 Å². The van der Waals surface area contributed by atoms with Gasteiger partial charge in [0.1, 0.15) is 11.5 Å². The Hall–Kier alpha value is -3.48. The first-order chi connectivity index (χ1) is 18.2. The van der Waals surface area contributed by atoms with Gasteiger partial charge in [-0.25, -0.2) is 0 Å². The number of hydrogen-bond donors (Lipinski definition) is 0. The van der Waals surface area contributed by atoms with E-state index in [1.54, 1.807) is 6.20 Å². The van der Waals surface area contributed by atoms with E-state index < -0.39 is 0 Å². The van der Waals surface area contributed by atoms with E-state index >= 15 is 0 Å². The fraction of sp³-hybridized carbons (Fsp3) is 0.467. The Balaban J connectivity index is 1.21. The zero-order chi connectivity index (χ0) is 25.2. The Morgan fingerprint density at radius 2 is 1.73 bits per heavy atom. The number of fused-ring (bicyclic) bond motifs is 1. The Kier molecular flexibility index (Phi) is 6.77. The molecule has 1 saturated heterocycles. The number of aryl methyl sites for hydroxylation is 1. The second kappa shape index (κ2) is 10.5. The second-order valence-corrected chi connectivity index (χ2v) is 10.7. The smallest absolute Gasteiger partial charge is 0.276 e. The SMILES string of the molecule is O=C(c1noc2c1CCCC2)N1CCC([C@@H](Cc2ccccc2)N(C(=O)c2ccccn2)C2CC2)CC1. The lowest BCUT2D eigenvalue weighted by atomic mass is 9.84. The summed E-state index contributed by atoms with van der Waals surface area (Å²) in [5, 5.41) is 4.17. The van der Waals surface area contributed by atoms with Crippen molar-refractivity contribution in [1.29, 1.82) is 0 Å². The predicted molar refractivity (Wildman–Crippen MR) is 139 cm³/mol. The van der Waals surface area contributed by atoms with Crippen molar-refractivity contribution >= 4 is 11.8 Å². The third-order valence-electron chi connectivity index (χ3n) is 8.23. The fourth-order valence-electron chi connectivity index (χ4n) is 6.10. The summed E-state index contributed by atoms with van der Waals surface area (Å²) in [7, 11) is 0. The van der Waals surface area contributed by atoms with Gasteiger partial charge in [0.05, 0.1) is 0 Å². The average Bonchev–Trinajstić information content (AvgIpc) is 3.70. The third-order valence-corrected chi connectivity index (χ3v) is 8.23. The van der Waals surface area contributed by atoms with E-state index in [9.17, 15) is 9.59 Å². The summed E-state index contributed by atoms with van der Waals surface area (Å²) in [4.78, 5) is 35.6. The lowest BCUT2D eigenvalue weighted by Gasteiger charge is -2.41. The maximum atomic E-state index is 13.7. The van der Waals surface area contributed by atoms with Gasteiger partial charge in [-0.3, -0.25) is 14.6 Å². The summed E-state index contributed by atoms with van der Waals surface area (Å²) in [5.74, 6) is 1.22. The highest BCUT2D eigenvalue weighted by molar-refractivity contribution is 5.94. The maximum Gasteiger partial charge on any atom is 0.276 e. The molecule has 3 aromatic rings. The molecular formula is C30H34N4O3. The van der Waals surface area contributed by atoms with Crippen molar-refractivity contribution in [3.63, 3.8) is 0 Å². The molecular weight excluding hydrogens is 464 g/mol. The Labute approximate surface area is 217 Å². The molecule has 3 aliphatic rings. The van der Waals surface area contributed by atoms with Crippen LogP contribution in [0.1, 0.15) is 76.4 Å². The molecule has 0 N–H and O–H groups in total. The largest absolute Gasteiger partial charge is 0.360 e. The summed E-state index contributed by atoms with van der Waals surface area (Å²) in [5.41, 5.74) is 3.27. The number of piperidine rings is 1. The highest BCUT2D eigenvalue weighted by Crippen LogP contribution is 2.36. The second-order valence-electron chi connectivity index (χ2n) is 10.7. The molecule has 1 saturated carbocycles. The third kappa shape index (κ3) is 5.04. The molecule has 1 aliphatic heterocycles. The van der Waals surface area contributed by atoms with Crippen LogP contribution in [0.15, 0.2) is 59.3 Å². The van der Waals surface area contributed by atoms with E-state index in [-0.39, 0.29) is 23.9 Å². The van der Waals surface area contributed by atoms with E-state index in [0.29, 0.717) is 30.4 Å². The normalized spacial score (nSPS) is 18.8. The van der Waals surface area contributed by atoms with Crippen LogP contribution in [-0.2, 0) is 19.3 Å². The van der Waals surface area contributed by atoms with Gasteiger partial charge in [-0.15, -0.1) is 0 Å². The van der Waals surface area contributed by atoms with Gasteiger partial charge in [-0.05, 0) is 75.0 Å². The zero-order valence-corrected chi connectivity index (χ0v) is 21.2. The van der Waals surface area contributed by atoms with Crippen molar-refractivity contribution in [3.05, 3.63) is 83.0 Å². The van der Waals surface area contributed by atoms with Crippen molar-refractivity contribution in [2.45, 2.75) is 69.9 Å². The molecule has 2 amide bonds. The lowest BCUT2D eigenvalue weighted by molar-refractivity contribution is 0.0438. The minimum absolute atomic E-state index is 0.00595. The fourth-order valence-corrected chi connectivity index (χ4v) is 6.10. The highest BCUT2D eigenvalue weighted by Gasteiger charge is 2.42. The molecule has 1 aromatic carbocycles. The molecule has 0 radical (unpaired) electrons. The molecule has 2 aromatic heterocycles. The number of pyridine rings is 1. The van der Waals surface area contributed by atoms with E-state index in [0.717, 1.165) is 69.1 Å². The molecule has 2 fully saturated rings. The van der Waals surface area contributed by atoms with Crippen molar-refractivity contribution in [1.82, 2.24) is 19.9 Å². The van der Waals surface area contributed by atoms with Crippen LogP contribution < -0.4 is 0 Å². The number of hydrogen-bond acceptors (Lipinski definition) is 5. The van der Waals surface area contributed by atoms with Crippen LogP contribution in [0.5, 0.6) is 0 Å². The molecule has 6 rings (SSSR count). The van der Waals surface area contributed by atoms with Gasteiger partial charge in [0.2, 0.25) is 0 Å². The van der Waals surface area contributed by atoms with Crippen molar-refractivity contribution in [2.24, 2.45) is 5.92 Å². The first-order valence-corrected chi connectivity index (χ1v) is 13.7. The lowest BCUT2D eigenvalue weighted by Crippen LogP contribution is -2.51. The molecule has 2 aliphatic carbocycles. The van der Waals surface area contributed by atoms with E-state index in [1.807, 2.05) is 29.2 Å². The molecule has 1 atom stereocenters. The standard InChI is InChI=1S/C30H34N4O3/c35-29(25-11-6-7-17-31-25)34(23-13-14-23)26(20-21-8-2-1-3-9-21)22-15-18-33(19-16-22)30(36)28-24-10-4-5-12-27(24)37-32-28/h1-3,6-9,11,17,22-23,26H,4-5,10,12-16,18-20H2/t26-/m1/s1. The number of rotatable bonds is 7. The number of likely N-dealkylation sites (tertiary alicyclic amines) is 1. The summed E-state index contributed by atoms with van der Waals surface area (Å²) in [6.45, 7) is 1.35. The number of carbonyl (C=O) groups is 2. The highest BCUT2D eigenvalue weighted by atomic mass is 16.5. The van der Waals surface area contributed by atoms with Crippen LogP contribution in [0, 0.1) is 5.92 Å². The molecule has 192 valence electrons. The number of benzene rings is 1. The Morgan fingerprint density at radius 3 is 2.46 bits per heavy atom. The first kappa shape index (κ1) is 23.9. The monoisotopic (exact) mass is 498 g/mol. The molecule has 0 unspecified atom stereocenters. The molecule has 37 heavy (non-hydrogen) atoms. The van der Waals surface area contributed by atoms with Crippen LogP contribution in [0.3, 0.4) is 0 Å². The zero-order valence-electron chi connectivity index (χ0n) is 21.2. The molecule has 0 bridgehead atoms. The number of aromatic nitrogens is 2. The molecule has 0 spiro atoms. The van der Waals surface area contributed by atoms with Gasteiger partial charge in [0.15, 0.2) is 5.69 Å². The summed E-state index contributed by atoms with van der Waals surface area (Å²) in [6, 6.07) is 16.3. The van der Waals surface area contributed by atoms with Gasteiger partial charge >= 0.3 is 0 Å². The summed E-state index contributed by atoms with van der Waals surface area (Å²) < 4.78 is 5.51. The van der Waals surface area contributed by atoms with Crippen LogP contribution in [0.4, 0.5) is 0 Å². The average molecular weight is 499 g/mol. The van der Waals surface area contributed by atoms with Gasteiger partial charge in [-0.1, -0.05) is 41.6 Å². The van der Waals surface area contributed by atoms with Gasteiger partial charge in [-0.2, -0.15) is 0 Å². The minimum Gasteiger partial charge on any atom is -0.360 e. The van der Waals surface area contributed by atoms with Crippen LogP contribution in [0.2, 0.25) is 0 Å². The van der Waals surface area contributed by atoms with Crippen LogP contribution in [0.25, 0.3) is 0 Å². The van der Waals surface area contributed by atoms with E-state index in [2.05, 4.69) is 39.3 Å². The van der Waals surface area contributed by atoms with Crippen molar-refractivity contribution < 1.29 is 14.1 Å². The number of nitrogens with zero attached hydrogens (tertiary/aromatic N) is 4. The molecule has 7 heteroatoms. The Morgan fingerprint density at radius 1 is 0.973 bits per heavy atom. The maximum absolute atomic E-state index is 13.7. The van der Waals surface area contributed by atoms with Gasteiger partial charge in [0.25, 0.3) is 11.8 Å². The summed E-state index contributed by atoms with van der Waals surface area (Å²) >= 11 is 0. The molecule has 3 heterocycles. The van der Waals surface area contributed by atoms with E-state index in [1.165, 1.54) is 5.56 Å². The molecule has 7 nitrogen and oxygen atoms in total. The number of amides is 2. The van der Waals surface area contributed by atoms with Crippen LogP contribution >= 0.6 is 0 Å². The van der Waals surface area contributed by atoms with Crippen molar-refractivity contribution in [2.75, 3.05) is 13.1 Å². The van der Waals surface area contributed by atoms with Crippen molar-refractivity contribution in [3.8, 4) is 0 Å². The van der Waals surface area contributed by atoms with Gasteiger partial charge < -0.3 is 14.3 Å². The quantitative estimate of drug-likeness (QED) is 0.471. The van der Waals surface area contributed by atoms with E-state index in [4.69, 9.17) is 4.52 Å². The minimum atomic E-state index is -0.00595. The topological polar surface area (TPSA) is 79.5 Å². The predicted octanol–water partition coefficient (Wildman–Crippen LogP) is 4.72. The van der Waals surface area contributed by atoms with Crippen LogP contribution in [-0.4, -0.2) is 56.9 Å². The Bertz CT molecular complexity index is 1230.